The third-order valence-electron chi connectivity index (χ3n) is 2.78. The van der Waals surface area contributed by atoms with Gasteiger partial charge in [-0.15, -0.1) is 0 Å². The molecule has 23 heavy (non-hydrogen) atoms. The molecule has 0 aliphatic rings. The van der Waals surface area contributed by atoms with Gasteiger partial charge in [0.2, 0.25) is 5.91 Å². The summed E-state index contributed by atoms with van der Waals surface area (Å²) in [6.07, 6.45) is 0.811. The molecule has 0 bridgehead atoms. The summed E-state index contributed by atoms with van der Waals surface area (Å²) < 4.78 is 9.97. The number of para-hydroxylation sites is 1. The molecule has 0 unspecified atom stereocenters. The molecule has 0 fully saturated rings. The highest BCUT2D eigenvalue weighted by atomic mass is 16.6. The highest BCUT2D eigenvalue weighted by Crippen LogP contribution is 2.07. The van der Waals surface area contributed by atoms with Crippen LogP contribution < -0.4 is 15.4 Å². The fourth-order valence-electron chi connectivity index (χ4n) is 1.60. The van der Waals surface area contributed by atoms with E-state index in [2.05, 4.69) is 10.6 Å². The number of hydrogen-bond donors (Lipinski definition) is 2. The lowest BCUT2D eigenvalue weighted by atomic mass is 10.3. The van der Waals surface area contributed by atoms with Gasteiger partial charge in [-0.2, -0.15) is 0 Å². The Labute approximate surface area is 135 Å². The fraction of sp³-hybridized carbons (Fsp3) is 0.438. The third-order valence-corrected chi connectivity index (χ3v) is 2.78. The number of nitrogens with one attached hydrogen (secondary N) is 2. The molecule has 0 saturated carbocycles. The lowest BCUT2D eigenvalue weighted by molar-refractivity contribution is -0.150. The molecule has 2 N–H and O–H groups in total. The zero-order chi connectivity index (χ0) is 17.1. The molecule has 0 spiro atoms. The van der Waals surface area contributed by atoms with Crippen LogP contribution in [0.4, 0.5) is 0 Å². The molecule has 1 atom stereocenters. The van der Waals surface area contributed by atoms with Crippen molar-refractivity contribution in [3.05, 3.63) is 30.3 Å². The molecule has 0 saturated heterocycles. The van der Waals surface area contributed by atoms with E-state index in [0.717, 1.165) is 6.42 Å². The van der Waals surface area contributed by atoms with Gasteiger partial charge in [0.25, 0.3) is 5.91 Å². The zero-order valence-electron chi connectivity index (χ0n) is 13.3. The second-order valence-electron chi connectivity index (χ2n) is 4.84. The molecule has 0 radical (unpaired) electrons. The van der Waals surface area contributed by atoms with E-state index in [1.54, 1.807) is 31.2 Å². The molecular formula is C16H22N2O5. The van der Waals surface area contributed by atoms with Crippen molar-refractivity contribution in [1.29, 1.82) is 0 Å². The van der Waals surface area contributed by atoms with Gasteiger partial charge in [-0.3, -0.25) is 9.59 Å². The normalized spacial score (nSPS) is 11.2. The second-order valence-corrected chi connectivity index (χ2v) is 4.84. The van der Waals surface area contributed by atoms with Crippen molar-refractivity contribution in [2.24, 2.45) is 0 Å². The number of benzene rings is 1. The molecule has 0 aliphatic heterocycles. The standard InChI is InChI=1S/C16H22N2O5/c1-3-9-17-16(21)12(2)18-14(19)10-23-15(20)11-22-13-7-5-4-6-8-13/h4-8,12H,3,9-11H2,1-2H3,(H,17,21)(H,18,19)/t12-/m0/s1. The Morgan fingerprint density at radius 1 is 1.13 bits per heavy atom. The van der Waals surface area contributed by atoms with Crippen LogP contribution in [0, 0.1) is 0 Å². The van der Waals surface area contributed by atoms with Crippen molar-refractivity contribution < 1.29 is 23.9 Å². The zero-order valence-corrected chi connectivity index (χ0v) is 13.3. The van der Waals surface area contributed by atoms with E-state index in [0.29, 0.717) is 12.3 Å². The maximum Gasteiger partial charge on any atom is 0.344 e. The molecule has 0 heterocycles. The minimum atomic E-state index is -0.687. The summed E-state index contributed by atoms with van der Waals surface area (Å²) in [5.74, 6) is -0.946. The highest BCUT2D eigenvalue weighted by Gasteiger charge is 2.16. The minimum absolute atomic E-state index is 0.279. The van der Waals surface area contributed by atoms with E-state index in [4.69, 9.17) is 9.47 Å². The van der Waals surface area contributed by atoms with Crippen LogP contribution in [0.3, 0.4) is 0 Å². The smallest absolute Gasteiger partial charge is 0.344 e. The first-order valence-electron chi connectivity index (χ1n) is 7.43. The summed E-state index contributed by atoms with van der Waals surface area (Å²) in [5.41, 5.74) is 0. The summed E-state index contributed by atoms with van der Waals surface area (Å²) in [6.45, 7) is 3.29. The third kappa shape index (κ3) is 7.85. The van der Waals surface area contributed by atoms with Gasteiger partial charge in [0.05, 0.1) is 0 Å². The quantitative estimate of drug-likeness (QED) is 0.651. The topological polar surface area (TPSA) is 93.7 Å². The Hall–Kier alpha value is -2.57. The average molecular weight is 322 g/mol. The van der Waals surface area contributed by atoms with E-state index in [1.165, 1.54) is 0 Å². The Morgan fingerprint density at radius 2 is 1.83 bits per heavy atom. The predicted octanol–water partition coefficient (Wildman–Crippen LogP) is 0.640. The summed E-state index contributed by atoms with van der Waals surface area (Å²) >= 11 is 0. The van der Waals surface area contributed by atoms with Crippen molar-refractivity contribution in [2.75, 3.05) is 19.8 Å². The number of carbonyl (C=O) groups excluding carboxylic acids is 3. The van der Waals surface area contributed by atoms with Crippen LogP contribution in [-0.4, -0.2) is 43.6 Å². The maximum absolute atomic E-state index is 11.6. The first kappa shape index (κ1) is 18.5. The van der Waals surface area contributed by atoms with Gasteiger partial charge in [0, 0.05) is 6.54 Å². The molecule has 1 rings (SSSR count). The van der Waals surface area contributed by atoms with Gasteiger partial charge in [-0.25, -0.2) is 4.79 Å². The van der Waals surface area contributed by atoms with Crippen LogP contribution in [0.2, 0.25) is 0 Å². The molecule has 126 valence electrons. The Kier molecular flexibility index (Phi) is 8.20. The number of esters is 1. The molecule has 1 aromatic rings. The number of carbonyl (C=O) groups is 3. The van der Waals surface area contributed by atoms with Crippen LogP contribution in [0.5, 0.6) is 5.75 Å². The molecule has 0 aromatic heterocycles. The molecule has 7 nitrogen and oxygen atoms in total. The molecule has 1 aromatic carbocycles. The average Bonchev–Trinajstić information content (AvgIpc) is 2.56. The van der Waals surface area contributed by atoms with Crippen molar-refractivity contribution in [3.8, 4) is 5.75 Å². The first-order chi connectivity index (χ1) is 11.0. The summed E-state index contributed by atoms with van der Waals surface area (Å²) in [5, 5.41) is 5.11. The van der Waals surface area contributed by atoms with E-state index >= 15 is 0 Å². The van der Waals surface area contributed by atoms with E-state index in [9.17, 15) is 14.4 Å². The Morgan fingerprint density at radius 3 is 2.48 bits per heavy atom. The minimum Gasteiger partial charge on any atom is -0.482 e. The first-order valence-corrected chi connectivity index (χ1v) is 7.43. The van der Waals surface area contributed by atoms with E-state index in [1.807, 2.05) is 13.0 Å². The molecule has 2 amide bonds. The highest BCUT2D eigenvalue weighted by molar-refractivity contribution is 5.88. The van der Waals surface area contributed by atoms with Crippen LogP contribution in [-0.2, 0) is 19.1 Å². The molecule has 7 heteroatoms. The second kappa shape index (κ2) is 10.2. The van der Waals surface area contributed by atoms with Crippen LogP contribution in [0.15, 0.2) is 30.3 Å². The maximum atomic E-state index is 11.6. The lowest BCUT2D eigenvalue weighted by Crippen LogP contribution is -2.46. The number of amides is 2. The summed E-state index contributed by atoms with van der Waals surface area (Å²) in [4.78, 5) is 34.7. The van der Waals surface area contributed by atoms with E-state index < -0.39 is 24.5 Å². The van der Waals surface area contributed by atoms with Gasteiger partial charge < -0.3 is 20.1 Å². The van der Waals surface area contributed by atoms with Crippen molar-refractivity contribution in [2.45, 2.75) is 26.3 Å². The monoisotopic (exact) mass is 322 g/mol. The largest absolute Gasteiger partial charge is 0.482 e. The van der Waals surface area contributed by atoms with Crippen LogP contribution in [0.1, 0.15) is 20.3 Å². The van der Waals surface area contributed by atoms with Crippen molar-refractivity contribution >= 4 is 17.8 Å². The van der Waals surface area contributed by atoms with Crippen LogP contribution in [0.25, 0.3) is 0 Å². The number of ether oxygens (including phenoxy) is 2. The van der Waals surface area contributed by atoms with Crippen molar-refractivity contribution in [1.82, 2.24) is 10.6 Å². The lowest BCUT2D eigenvalue weighted by Gasteiger charge is -2.13. The van der Waals surface area contributed by atoms with E-state index in [-0.39, 0.29) is 12.5 Å². The van der Waals surface area contributed by atoms with Gasteiger partial charge >= 0.3 is 5.97 Å². The summed E-state index contributed by atoms with van der Waals surface area (Å²) in [7, 11) is 0. The number of hydrogen-bond acceptors (Lipinski definition) is 5. The fourth-order valence-corrected chi connectivity index (χ4v) is 1.60. The van der Waals surface area contributed by atoms with Crippen LogP contribution >= 0.6 is 0 Å². The van der Waals surface area contributed by atoms with Gasteiger partial charge in [0.1, 0.15) is 11.8 Å². The van der Waals surface area contributed by atoms with Gasteiger partial charge in [-0.05, 0) is 25.5 Å². The summed E-state index contributed by atoms with van der Waals surface area (Å²) in [6, 6.07) is 8.10. The number of rotatable bonds is 9. The van der Waals surface area contributed by atoms with Crippen molar-refractivity contribution in [3.63, 3.8) is 0 Å². The van der Waals surface area contributed by atoms with Gasteiger partial charge in [-0.1, -0.05) is 25.1 Å². The molecule has 0 aliphatic carbocycles. The van der Waals surface area contributed by atoms with Gasteiger partial charge in [0.15, 0.2) is 13.2 Å². The Balaban J connectivity index is 2.22. The molecular weight excluding hydrogens is 300 g/mol. The predicted molar refractivity (Wildman–Crippen MR) is 83.8 cm³/mol. The SMILES string of the molecule is CCCNC(=O)[C@H](C)NC(=O)COC(=O)COc1ccccc1. The Bertz CT molecular complexity index is 518.